The number of hydrogen-bond acceptors (Lipinski definition) is 5. The first-order valence-electron chi connectivity index (χ1n) is 5.75. The fraction of sp³-hybridized carbons (Fsp3) is 0.636. The molecule has 0 bridgehead atoms. The highest BCUT2D eigenvalue weighted by molar-refractivity contribution is 5.72. The van der Waals surface area contributed by atoms with Gasteiger partial charge in [-0.25, -0.2) is 0 Å². The molecule has 2 rings (SSSR count). The maximum atomic E-state index is 10.9. The molecular formula is C11H17N3O3. The third-order valence-electron chi connectivity index (χ3n) is 3.18. The molecule has 94 valence electrons. The van der Waals surface area contributed by atoms with Crippen molar-refractivity contribution in [3.05, 3.63) is 18.0 Å². The number of rotatable bonds is 4. The minimum absolute atomic E-state index is 0.401. The second-order valence-corrected chi connectivity index (χ2v) is 4.31. The molecule has 6 nitrogen and oxygen atoms in total. The SMILES string of the molecule is CC(C(=O)O)N1CCN(Cc2ccno2)CC1. The molecule has 17 heavy (non-hydrogen) atoms. The lowest BCUT2D eigenvalue weighted by molar-refractivity contribution is -0.143. The molecule has 0 amide bonds. The normalized spacial score (nSPS) is 20.3. The molecule has 0 aromatic carbocycles. The van der Waals surface area contributed by atoms with E-state index in [4.69, 9.17) is 9.63 Å². The average molecular weight is 239 g/mol. The van der Waals surface area contributed by atoms with E-state index in [1.54, 1.807) is 13.1 Å². The minimum atomic E-state index is -0.756. The smallest absolute Gasteiger partial charge is 0.320 e. The number of aliphatic carboxylic acids is 1. The standard InChI is InChI=1S/C11H17N3O3/c1-9(11(15)16)14-6-4-13(5-7-14)8-10-2-3-12-17-10/h2-3,9H,4-8H2,1H3,(H,15,16). The van der Waals surface area contributed by atoms with Crippen molar-refractivity contribution in [3.63, 3.8) is 0 Å². The Kier molecular flexibility index (Phi) is 3.75. The highest BCUT2D eigenvalue weighted by Crippen LogP contribution is 2.10. The number of piperazine rings is 1. The molecule has 1 aromatic heterocycles. The molecule has 1 atom stereocenters. The van der Waals surface area contributed by atoms with E-state index in [1.165, 1.54) is 0 Å². The van der Waals surface area contributed by atoms with E-state index in [0.717, 1.165) is 38.5 Å². The topological polar surface area (TPSA) is 69.8 Å². The third kappa shape index (κ3) is 3.04. The fourth-order valence-electron chi connectivity index (χ4n) is 2.01. The van der Waals surface area contributed by atoms with Crippen LogP contribution in [0.15, 0.2) is 16.8 Å². The van der Waals surface area contributed by atoms with Gasteiger partial charge in [0.05, 0.1) is 12.7 Å². The molecule has 2 heterocycles. The molecule has 1 N–H and O–H groups in total. The second kappa shape index (κ2) is 5.29. The van der Waals surface area contributed by atoms with Crippen molar-refractivity contribution in [2.45, 2.75) is 19.5 Å². The van der Waals surface area contributed by atoms with Crippen LogP contribution >= 0.6 is 0 Å². The fourth-order valence-corrected chi connectivity index (χ4v) is 2.01. The van der Waals surface area contributed by atoms with E-state index < -0.39 is 12.0 Å². The summed E-state index contributed by atoms with van der Waals surface area (Å²) in [5.74, 6) is 0.0958. The predicted molar refractivity (Wildman–Crippen MR) is 60.5 cm³/mol. The van der Waals surface area contributed by atoms with E-state index in [9.17, 15) is 4.79 Å². The summed E-state index contributed by atoms with van der Waals surface area (Å²) in [6, 6.07) is 1.45. The van der Waals surface area contributed by atoms with Gasteiger partial charge >= 0.3 is 5.97 Å². The second-order valence-electron chi connectivity index (χ2n) is 4.31. The number of carboxylic acid groups (broad SMARTS) is 1. The van der Waals surface area contributed by atoms with Crippen LogP contribution in [0.1, 0.15) is 12.7 Å². The molecule has 1 aliphatic rings. The van der Waals surface area contributed by atoms with Crippen molar-refractivity contribution in [1.82, 2.24) is 15.0 Å². The summed E-state index contributed by atoms with van der Waals surface area (Å²) in [7, 11) is 0. The van der Waals surface area contributed by atoms with Gasteiger partial charge in [-0.2, -0.15) is 0 Å². The average Bonchev–Trinajstić information content (AvgIpc) is 2.82. The van der Waals surface area contributed by atoms with Crippen molar-refractivity contribution >= 4 is 5.97 Å². The minimum Gasteiger partial charge on any atom is -0.480 e. The zero-order chi connectivity index (χ0) is 12.3. The van der Waals surface area contributed by atoms with Gasteiger partial charge in [0.15, 0.2) is 5.76 Å². The zero-order valence-electron chi connectivity index (χ0n) is 9.87. The zero-order valence-corrected chi connectivity index (χ0v) is 9.87. The molecule has 0 aliphatic carbocycles. The Hall–Kier alpha value is -1.40. The highest BCUT2D eigenvalue weighted by atomic mass is 16.5. The summed E-state index contributed by atoms with van der Waals surface area (Å²) in [5, 5.41) is 12.6. The van der Waals surface area contributed by atoms with Gasteiger partial charge in [0.2, 0.25) is 0 Å². The van der Waals surface area contributed by atoms with Crippen LogP contribution in [0.2, 0.25) is 0 Å². The Labute approximate surface area is 99.8 Å². The van der Waals surface area contributed by atoms with E-state index in [0.29, 0.717) is 0 Å². The van der Waals surface area contributed by atoms with E-state index >= 15 is 0 Å². The van der Waals surface area contributed by atoms with Gasteiger partial charge < -0.3 is 9.63 Å². The molecule has 0 radical (unpaired) electrons. The number of carboxylic acids is 1. The van der Waals surface area contributed by atoms with Gasteiger partial charge in [0, 0.05) is 32.2 Å². The molecule has 0 saturated carbocycles. The van der Waals surface area contributed by atoms with E-state index in [-0.39, 0.29) is 0 Å². The lowest BCUT2D eigenvalue weighted by atomic mass is 10.2. The van der Waals surface area contributed by atoms with Crippen LogP contribution in [-0.2, 0) is 11.3 Å². The predicted octanol–water partition coefficient (Wildman–Crippen LogP) is 0.265. The first-order chi connectivity index (χ1) is 8.16. The van der Waals surface area contributed by atoms with Gasteiger partial charge in [-0.05, 0) is 6.92 Å². The summed E-state index contributed by atoms with van der Waals surface area (Å²) in [6.07, 6.45) is 1.64. The van der Waals surface area contributed by atoms with Crippen molar-refractivity contribution in [1.29, 1.82) is 0 Å². The Morgan fingerprint density at radius 1 is 1.53 bits per heavy atom. The lowest BCUT2D eigenvalue weighted by Gasteiger charge is -2.36. The molecule has 1 unspecified atom stereocenters. The van der Waals surface area contributed by atoms with Crippen LogP contribution in [0.3, 0.4) is 0 Å². The molecule has 1 saturated heterocycles. The van der Waals surface area contributed by atoms with Crippen LogP contribution in [0.4, 0.5) is 0 Å². The van der Waals surface area contributed by atoms with Crippen LogP contribution in [0.25, 0.3) is 0 Å². The quantitative estimate of drug-likeness (QED) is 0.813. The number of aromatic nitrogens is 1. The van der Waals surface area contributed by atoms with Crippen LogP contribution in [0.5, 0.6) is 0 Å². The monoisotopic (exact) mass is 239 g/mol. The Morgan fingerprint density at radius 2 is 2.24 bits per heavy atom. The molecule has 0 spiro atoms. The maximum Gasteiger partial charge on any atom is 0.320 e. The number of carbonyl (C=O) groups is 1. The lowest BCUT2D eigenvalue weighted by Crippen LogP contribution is -2.51. The van der Waals surface area contributed by atoms with Gasteiger partial charge in [-0.15, -0.1) is 0 Å². The van der Waals surface area contributed by atoms with Crippen molar-refractivity contribution in [2.24, 2.45) is 0 Å². The summed E-state index contributed by atoms with van der Waals surface area (Å²) in [6.45, 7) is 5.75. The summed E-state index contributed by atoms with van der Waals surface area (Å²) in [4.78, 5) is 15.1. The summed E-state index contributed by atoms with van der Waals surface area (Å²) < 4.78 is 5.05. The number of nitrogens with zero attached hydrogens (tertiary/aromatic N) is 3. The summed E-state index contributed by atoms with van der Waals surface area (Å²) >= 11 is 0. The van der Waals surface area contributed by atoms with Crippen LogP contribution in [0, 0.1) is 0 Å². The van der Waals surface area contributed by atoms with E-state index in [1.807, 2.05) is 11.0 Å². The van der Waals surface area contributed by atoms with Crippen molar-refractivity contribution in [3.8, 4) is 0 Å². The van der Waals surface area contributed by atoms with E-state index in [2.05, 4.69) is 10.1 Å². The largest absolute Gasteiger partial charge is 0.480 e. The van der Waals surface area contributed by atoms with Crippen LogP contribution in [-0.4, -0.2) is 58.3 Å². The molecule has 1 aromatic rings. The summed E-state index contributed by atoms with van der Waals surface area (Å²) in [5.41, 5.74) is 0. The van der Waals surface area contributed by atoms with Gasteiger partial charge in [-0.3, -0.25) is 14.6 Å². The molecule has 1 fully saturated rings. The first-order valence-corrected chi connectivity index (χ1v) is 5.75. The van der Waals surface area contributed by atoms with Gasteiger partial charge in [0.25, 0.3) is 0 Å². The highest BCUT2D eigenvalue weighted by Gasteiger charge is 2.25. The van der Waals surface area contributed by atoms with Crippen molar-refractivity contribution < 1.29 is 14.4 Å². The van der Waals surface area contributed by atoms with Gasteiger partial charge in [-0.1, -0.05) is 5.16 Å². The van der Waals surface area contributed by atoms with Gasteiger partial charge in [0.1, 0.15) is 6.04 Å². The molecule has 6 heteroatoms. The Balaban J connectivity index is 1.80. The Bertz CT molecular complexity index is 358. The van der Waals surface area contributed by atoms with Crippen LogP contribution < -0.4 is 0 Å². The number of hydrogen-bond donors (Lipinski definition) is 1. The first kappa shape index (κ1) is 12.1. The third-order valence-corrected chi connectivity index (χ3v) is 3.18. The van der Waals surface area contributed by atoms with Crippen molar-refractivity contribution in [2.75, 3.05) is 26.2 Å². The molecular weight excluding hydrogens is 222 g/mol. The maximum absolute atomic E-state index is 10.9. The Morgan fingerprint density at radius 3 is 2.76 bits per heavy atom. The molecule has 1 aliphatic heterocycles.